The second-order valence-electron chi connectivity index (χ2n) is 4.65. The van der Waals surface area contributed by atoms with Crippen molar-refractivity contribution in [3.8, 4) is 0 Å². The molecule has 2 aromatic rings. The molecule has 19 heavy (non-hydrogen) atoms. The van der Waals surface area contributed by atoms with Gasteiger partial charge in [0.25, 0.3) is 0 Å². The third-order valence-corrected chi connectivity index (χ3v) is 3.02. The van der Waals surface area contributed by atoms with Gasteiger partial charge in [0.05, 0.1) is 6.42 Å². The second-order valence-corrected chi connectivity index (χ2v) is 4.65. The largest absolute Gasteiger partial charge is 0.399 e. The number of hydrogen-bond donors (Lipinski definition) is 1. The predicted octanol–water partition coefficient (Wildman–Crippen LogP) is 2.47. The van der Waals surface area contributed by atoms with Gasteiger partial charge in [-0.25, -0.2) is 0 Å². The Labute approximate surface area is 113 Å². The molecule has 98 valence electrons. The highest BCUT2D eigenvalue weighted by Gasteiger charge is 2.09. The van der Waals surface area contributed by atoms with Gasteiger partial charge in [-0.05, 0) is 23.3 Å². The molecule has 3 nitrogen and oxygen atoms in total. The molecule has 0 aliphatic carbocycles. The highest BCUT2D eigenvalue weighted by Crippen LogP contribution is 2.09. The fourth-order valence-electron chi connectivity index (χ4n) is 1.89. The van der Waals surface area contributed by atoms with Crippen molar-refractivity contribution in [2.75, 3.05) is 12.8 Å². The number of rotatable bonds is 4. The first-order valence-corrected chi connectivity index (χ1v) is 6.27. The third kappa shape index (κ3) is 3.85. The standard InChI is InChI=1S/C16H18N2O/c1-18(12-14-5-3-2-4-6-14)16(19)11-13-7-9-15(17)10-8-13/h2-10H,11-12,17H2,1H3. The first-order chi connectivity index (χ1) is 9.15. The minimum absolute atomic E-state index is 0.105. The van der Waals surface area contributed by atoms with Crippen molar-refractivity contribution in [1.82, 2.24) is 4.90 Å². The summed E-state index contributed by atoms with van der Waals surface area (Å²) in [5.41, 5.74) is 8.46. The van der Waals surface area contributed by atoms with Gasteiger partial charge in [0.15, 0.2) is 0 Å². The number of likely N-dealkylation sites (N-methyl/N-ethyl adjacent to an activating group) is 1. The molecule has 0 radical (unpaired) electrons. The van der Waals surface area contributed by atoms with Gasteiger partial charge in [0, 0.05) is 19.3 Å². The van der Waals surface area contributed by atoms with Gasteiger partial charge in [-0.3, -0.25) is 4.79 Å². The molecule has 2 N–H and O–H groups in total. The molecule has 2 rings (SSSR count). The van der Waals surface area contributed by atoms with Crippen LogP contribution in [0.1, 0.15) is 11.1 Å². The number of nitrogens with two attached hydrogens (primary N) is 1. The van der Waals surface area contributed by atoms with E-state index in [1.165, 1.54) is 0 Å². The number of carbonyl (C=O) groups is 1. The van der Waals surface area contributed by atoms with Crippen LogP contribution in [0.15, 0.2) is 54.6 Å². The third-order valence-electron chi connectivity index (χ3n) is 3.02. The molecule has 0 unspecified atom stereocenters. The van der Waals surface area contributed by atoms with Crippen molar-refractivity contribution in [2.45, 2.75) is 13.0 Å². The van der Waals surface area contributed by atoms with Crippen LogP contribution in [0, 0.1) is 0 Å². The zero-order valence-electron chi connectivity index (χ0n) is 11.0. The SMILES string of the molecule is CN(Cc1ccccc1)C(=O)Cc1ccc(N)cc1. The molecule has 1 amide bonds. The van der Waals surface area contributed by atoms with Crippen molar-refractivity contribution in [3.05, 3.63) is 65.7 Å². The monoisotopic (exact) mass is 254 g/mol. The van der Waals surface area contributed by atoms with Crippen molar-refractivity contribution < 1.29 is 4.79 Å². The van der Waals surface area contributed by atoms with Gasteiger partial charge in [0.1, 0.15) is 0 Å². The first kappa shape index (κ1) is 13.1. The van der Waals surface area contributed by atoms with Gasteiger partial charge >= 0.3 is 0 Å². The summed E-state index contributed by atoms with van der Waals surface area (Å²) in [5.74, 6) is 0.105. The minimum atomic E-state index is 0.105. The Morgan fingerprint density at radius 3 is 2.26 bits per heavy atom. The number of benzene rings is 2. The number of amides is 1. The van der Waals surface area contributed by atoms with Crippen LogP contribution in [-0.4, -0.2) is 17.9 Å². The molecule has 0 fully saturated rings. The van der Waals surface area contributed by atoms with Crippen LogP contribution in [0.2, 0.25) is 0 Å². The smallest absolute Gasteiger partial charge is 0.227 e. The Morgan fingerprint density at radius 2 is 1.63 bits per heavy atom. The Hall–Kier alpha value is -2.29. The van der Waals surface area contributed by atoms with E-state index in [-0.39, 0.29) is 5.91 Å². The molecular weight excluding hydrogens is 236 g/mol. The summed E-state index contributed by atoms with van der Waals surface area (Å²) in [6, 6.07) is 17.4. The Morgan fingerprint density at radius 1 is 1.00 bits per heavy atom. The predicted molar refractivity (Wildman–Crippen MR) is 77.5 cm³/mol. The summed E-state index contributed by atoms with van der Waals surface area (Å²) in [5, 5.41) is 0. The number of nitrogens with zero attached hydrogens (tertiary/aromatic N) is 1. The fourth-order valence-corrected chi connectivity index (χ4v) is 1.89. The average Bonchev–Trinajstić information content (AvgIpc) is 2.42. The summed E-state index contributed by atoms with van der Waals surface area (Å²) in [7, 11) is 1.83. The molecule has 0 spiro atoms. The summed E-state index contributed by atoms with van der Waals surface area (Å²) >= 11 is 0. The van der Waals surface area contributed by atoms with E-state index in [4.69, 9.17) is 5.73 Å². The maximum atomic E-state index is 12.1. The van der Waals surface area contributed by atoms with Crippen LogP contribution in [0.5, 0.6) is 0 Å². The Kier molecular flexibility index (Phi) is 4.18. The number of hydrogen-bond acceptors (Lipinski definition) is 2. The van der Waals surface area contributed by atoms with E-state index >= 15 is 0 Å². The van der Waals surface area contributed by atoms with E-state index in [1.807, 2.05) is 61.6 Å². The average molecular weight is 254 g/mol. The molecule has 0 saturated carbocycles. The summed E-state index contributed by atoms with van der Waals surface area (Å²) < 4.78 is 0. The molecule has 0 aliphatic rings. The van der Waals surface area contributed by atoms with Crippen molar-refractivity contribution in [2.24, 2.45) is 0 Å². The van der Waals surface area contributed by atoms with E-state index in [9.17, 15) is 4.79 Å². The molecule has 0 bridgehead atoms. The molecule has 0 aromatic heterocycles. The topological polar surface area (TPSA) is 46.3 Å². The zero-order valence-corrected chi connectivity index (χ0v) is 11.0. The van der Waals surface area contributed by atoms with Gasteiger partial charge in [-0.1, -0.05) is 42.5 Å². The van der Waals surface area contributed by atoms with Crippen molar-refractivity contribution >= 4 is 11.6 Å². The maximum absolute atomic E-state index is 12.1. The van der Waals surface area contributed by atoms with Crippen LogP contribution in [-0.2, 0) is 17.8 Å². The van der Waals surface area contributed by atoms with Gasteiger partial charge in [-0.15, -0.1) is 0 Å². The number of nitrogen functional groups attached to an aromatic ring is 1. The lowest BCUT2D eigenvalue weighted by Crippen LogP contribution is -2.27. The molecule has 2 aromatic carbocycles. The van der Waals surface area contributed by atoms with E-state index in [0.717, 1.165) is 11.1 Å². The molecule has 0 aliphatic heterocycles. The highest BCUT2D eigenvalue weighted by atomic mass is 16.2. The molecule has 3 heteroatoms. The maximum Gasteiger partial charge on any atom is 0.227 e. The van der Waals surface area contributed by atoms with Crippen LogP contribution >= 0.6 is 0 Å². The number of anilines is 1. The van der Waals surface area contributed by atoms with Crippen molar-refractivity contribution in [1.29, 1.82) is 0 Å². The lowest BCUT2D eigenvalue weighted by molar-refractivity contribution is -0.129. The summed E-state index contributed by atoms with van der Waals surface area (Å²) in [6.07, 6.45) is 0.406. The summed E-state index contributed by atoms with van der Waals surface area (Å²) in [6.45, 7) is 0.634. The molecular formula is C16H18N2O. The highest BCUT2D eigenvalue weighted by molar-refractivity contribution is 5.78. The van der Waals surface area contributed by atoms with E-state index in [0.29, 0.717) is 18.7 Å². The normalized spacial score (nSPS) is 10.2. The quantitative estimate of drug-likeness (QED) is 0.852. The number of carbonyl (C=O) groups excluding carboxylic acids is 1. The van der Waals surface area contributed by atoms with Gasteiger partial charge in [-0.2, -0.15) is 0 Å². The minimum Gasteiger partial charge on any atom is -0.399 e. The van der Waals surface area contributed by atoms with Crippen molar-refractivity contribution in [3.63, 3.8) is 0 Å². The molecule has 0 heterocycles. The van der Waals surface area contributed by atoms with Gasteiger partial charge < -0.3 is 10.6 Å². The zero-order chi connectivity index (χ0) is 13.7. The van der Waals surface area contributed by atoms with E-state index in [1.54, 1.807) is 4.90 Å². The fraction of sp³-hybridized carbons (Fsp3) is 0.188. The van der Waals surface area contributed by atoms with E-state index < -0.39 is 0 Å². The molecule has 0 atom stereocenters. The second kappa shape index (κ2) is 6.05. The molecule has 0 saturated heterocycles. The Balaban J connectivity index is 1.94. The van der Waals surface area contributed by atoms with Crippen LogP contribution < -0.4 is 5.73 Å². The lowest BCUT2D eigenvalue weighted by atomic mass is 10.1. The lowest BCUT2D eigenvalue weighted by Gasteiger charge is -2.17. The van der Waals surface area contributed by atoms with Crippen LogP contribution in [0.25, 0.3) is 0 Å². The van der Waals surface area contributed by atoms with Gasteiger partial charge in [0.2, 0.25) is 5.91 Å². The summed E-state index contributed by atoms with van der Waals surface area (Å²) in [4.78, 5) is 13.8. The first-order valence-electron chi connectivity index (χ1n) is 6.27. The Bertz CT molecular complexity index is 534. The van der Waals surface area contributed by atoms with E-state index in [2.05, 4.69) is 0 Å². The van der Waals surface area contributed by atoms with Crippen LogP contribution in [0.3, 0.4) is 0 Å². The van der Waals surface area contributed by atoms with Crippen LogP contribution in [0.4, 0.5) is 5.69 Å².